The molecule has 0 radical (unpaired) electrons. The largest absolute Gasteiger partial charge is 0.327 e. The molecule has 0 aliphatic heterocycles. The lowest BCUT2D eigenvalue weighted by molar-refractivity contribution is -0.676. The second-order valence-electron chi connectivity index (χ2n) is 13.6. The first-order valence-corrected chi connectivity index (χ1v) is 18.9. The molecule has 0 aliphatic carbocycles. The van der Waals surface area contributed by atoms with Crippen LogP contribution in [-0.2, 0) is 52.4 Å². The Morgan fingerprint density at radius 2 is 0.923 bits per heavy atom. The molecule has 10 heteroatoms. The van der Waals surface area contributed by atoms with Gasteiger partial charge < -0.3 is 9.13 Å². The minimum absolute atomic E-state index is 0.740. The van der Waals surface area contributed by atoms with Gasteiger partial charge in [0.1, 0.15) is 24.7 Å². The predicted molar refractivity (Wildman–Crippen MR) is 207 cm³/mol. The maximum atomic E-state index is 5.18. The van der Waals surface area contributed by atoms with Crippen molar-refractivity contribution >= 4 is 44.1 Å². The highest BCUT2D eigenvalue weighted by atomic mass is 15.3. The van der Waals surface area contributed by atoms with Gasteiger partial charge in [-0.3, -0.25) is 9.80 Å². The highest BCUT2D eigenvalue weighted by Crippen LogP contribution is 2.21. The van der Waals surface area contributed by atoms with Crippen LogP contribution in [0.5, 0.6) is 0 Å². The van der Waals surface area contributed by atoms with Crippen LogP contribution < -0.4 is 9.13 Å². The van der Waals surface area contributed by atoms with E-state index >= 15 is 0 Å². The Kier molecular flexibility index (Phi) is 9.58. The Bertz CT molecular complexity index is 2120. The van der Waals surface area contributed by atoms with E-state index in [9.17, 15) is 0 Å². The van der Waals surface area contributed by atoms with Crippen molar-refractivity contribution in [3.05, 3.63) is 120 Å². The van der Waals surface area contributed by atoms with Gasteiger partial charge in [0.05, 0.1) is 48.2 Å². The molecule has 0 bridgehead atoms. The molecule has 0 atom stereocenters. The number of aromatic amines is 2. The van der Waals surface area contributed by atoms with Crippen molar-refractivity contribution in [2.75, 3.05) is 13.1 Å². The average molecular weight is 695 g/mol. The van der Waals surface area contributed by atoms with Crippen LogP contribution in [-0.4, -0.2) is 52.0 Å². The zero-order valence-electron chi connectivity index (χ0n) is 30.9. The fourth-order valence-corrected chi connectivity index (χ4v) is 8.07. The fourth-order valence-electron chi connectivity index (χ4n) is 8.07. The van der Waals surface area contributed by atoms with E-state index in [1.165, 1.54) is 44.7 Å². The third-order valence-corrected chi connectivity index (χ3v) is 10.5. The van der Waals surface area contributed by atoms with Crippen molar-refractivity contribution in [2.45, 2.75) is 80.1 Å². The highest BCUT2D eigenvalue weighted by Gasteiger charge is 2.26. The van der Waals surface area contributed by atoms with E-state index in [1.807, 2.05) is 0 Å². The lowest BCUT2D eigenvalue weighted by atomic mass is 10.3. The molecule has 0 fully saturated rings. The van der Waals surface area contributed by atoms with Crippen LogP contribution in [0.1, 0.15) is 51.0 Å². The summed E-state index contributed by atoms with van der Waals surface area (Å²) in [6, 6.07) is 34.3. The molecule has 4 aromatic heterocycles. The van der Waals surface area contributed by atoms with E-state index in [-0.39, 0.29) is 0 Å². The number of hydrogen-bond acceptors (Lipinski definition) is 4. The van der Waals surface area contributed by atoms with E-state index in [2.05, 4.69) is 163 Å². The van der Waals surface area contributed by atoms with Gasteiger partial charge in [0, 0.05) is 26.2 Å². The number of imidazole rings is 4. The molecule has 0 saturated carbocycles. The zero-order valence-corrected chi connectivity index (χ0v) is 30.9. The number of nitrogens with zero attached hydrogens (tertiary/aromatic N) is 8. The smallest absolute Gasteiger partial charge is 0.269 e. The van der Waals surface area contributed by atoms with Crippen LogP contribution in [0, 0.1) is 0 Å². The molecule has 0 spiro atoms. The summed E-state index contributed by atoms with van der Waals surface area (Å²) in [7, 11) is 0. The van der Waals surface area contributed by atoms with Crippen LogP contribution in [0.25, 0.3) is 44.1 Å². The lowest BCUT2D eigenvalue weighted by Gasteiger charge is -2.26. The first kappa shape index (κ1) is 33.8. The molecule has 266 valence electrons. The monoisotopic (exact) mass is 694 g/mol. The second-order valence-corrected chi connectivity index (χ2v) is 13.6. The number of aromatic nitrogens is 8. The maximum absolute atomic E-state index is 5.18. The number of H-pyrrole nitrogens is 2. The maximum Gasteiger partial charge on any atom is 0.269 e. The van der Waals surface area contributed by atoms with Gasteiger partial charge in [0.25, 0.3) is 11.6 Å². The summed E-state index contributed by atoms with van der Waals surface area (Å²) in [6.07, 6.45) is 0. The van der Waals surface area contributed by atoms with Crippen molar-refractivity contribution < 1.29 is 9.13 Å². The summed E-state index contributed by atoms with van der Waals surface area (Å²) < 4.78 is 9.58. The molecule has 8 aromatic rings. The van der Waals surface area contributed by atoms with Crippen LogP contribution in [0.15, 0.2) is 97.1 Å². The molecule has 4 heterocycles. The molecule has 0 aliphatic rings. The van der Waals surface area contributed by atoms with Gasteiger partial charge in [-0.2, -0.15) is 0 Å². The summed E-state index contributed by atoms with van der Waals surface area (Å²) in [5.74, 6) is 4.62. The molecule has 0 amide bonds. The summed E-state index contributed by atoms with van der Waals surface area (Å²) >= 11 is 0. The Morgan fingerprint density at radius 3 is 1.35 bits per heavy atom. The van der Waals surface area contributed by atoms with Crippen LogP contribution in [0.2, 0.25) is 0 Å². The second kappa shape index (κ2) is 14.7. The standard InChI is InChI=1S/C42H48N10/c1-5-49-35-21-13-9-17-31(35)43-39(49)27-47(28-40-44-32-18-10-14-22-36(32)50(40)6-2)25-26-48(29-41-45-33-19-11-15-23-37(33)51(41)7-3)30-42-46-34-20-12-16-24-38(34)52(42)8-4/h9-24H,5-8,25-30H2,1-4H3/p+2. The number of fused-ring (bicyclic) bond motifs is 4. The van der Waals surface area contributed by atoms with Crippen LogP contribution in [0.3, 0.4) is 0 Å². The first-order valence-electron chi connectivity index (χ1n) is 18.9. The van der Waals surface area contributed by atoms with Crippen LogP contribution in [0.4, 0.5) is 0 Å². The molecular formula is C42H50N10+2. The van der Waals surface area contributed by atoms with E-state index in [4.69, 9.17) is 9.97 Å². The Hall–Kier alpha value is -5.32. The topological polar surface area (TPSA) is 81.5 Å². The molecular weight excluding hydrogens is 645 g/mol. The molecule has 2 N–H and O–H groups in total. The SMILES string of the molecule is CCn1c(CN(CCN(Cc2nc3ccccc3n2CC)Cc2[nH]c3ccccc3[n+]2CC)Cc2[nH]c3ccccc3[n+]2CC)nc2ccccc21. The normalized spacial score (nSPS) is 12.2. The summed E-state index contributed by atoms with van der Waals surface area (Å²) in [5, 5.41) is 0. The Labute approximate surface area is 305 Å². The third kappa shape index (κ3) is 6.37. The number of nitrogens with one attached hydrogen (secondary N) is 2. The summed E-state index contributed by atoms with van der Waals surface area (Å²) in [5.41, 5.74) is 9.31. The lowest BCUT2D eigenvalue weighted by Crippen LogP contribution is -2.43. The quantitative estimate of drug-likeness (QED) is 0.117. The average Bonchev–Trinajstić information content (AvgIpc) is 3.92. The Morgan fingerprint density at radius 1 is 0.519 bits per heavy atom. The van der Waals surface area contributed by atoms with Gasteiger partial charge in [-0.25, -0.2) is 29.1 Å². The molecule has 0 saturated heterocycles. The number of hydrogen-bond donors (Lipinski definition) is 2. The van der Waals surface area contributed by atoms with E-state index < -0.39 is 0 Å². The van der Waals surface area contributed by atoms with Gasteiger partial charge in [0.2, 0.25) is 0 Å². The van der Waals surface area contributed by atoms with Crippen molar-refractivity contribution in [1.29, 1.82) is 0 Å². The first-order chi connectivity index (χ1) is 25.6. The minimum atomic E-state index is 0.740. The van der Waals surface area contributed by atoms with Gasteiger partial charge in [-0.05, 0) is 76.2 Å². The molecule has 8 rings (SSSR count). The summed E-state index contributed by atoms with van der Waals surface area (Å²) in [4.78, 5) is 23.0. The Balaban J connectivity index is 1.16. The molecule has 52 heavy (non-hydrogen) atoms. The van der Waals surface area contributed by atoms with Crippen molar-refractivity contribution in [2.24, 2.45) is 0 Å². The van der Waals surface area contributed by atoms with Crippen molar-refractivity contribution in [3.8, 4) is 0 Å². The van der Waals surface area contributed by atoms with E-state index in [1.54, 1.807) is 0 Å². The fraction of sp³-hybridized carbons (Fsp3) is 0.333. The molecule has 4 aromatic carbocycles. The van der Waals surface area contributed by atoms with Gasteiger partial charge in [-0.1, -0.05) is 48.5 Å². The van der Waals surface area contributed by atoms with Crippen LogP contribution >= 0.6 is 0 Å². The number of benzene rings is 4. The van der Waals surface area contributed by atoms with Gasteiger partial charge in [0.15, 0.2) is 22.1 Å². The van der Waals surface area contributed by atoms with Crippen molar-refractivity contribution in [1.82, 2.24) is 38.9 Å². The molecule has 10 nitrogen and oxygen atoms in total. The number of aryl methyl sites for hydroxylation is 4. The van der Waals surface area contributed by atoms with E-state index in [0.717, 1.165) is 88.1 Å². The van der Waals surface area contributed by atoms with Crippen molar-refractivity contribution in [3.63, 3.8) is 0 Å². The van der Waals surface area contributed by atoms with Gasteiger partial charge in [-0.15, -0.1) is 0 Å². The minimum Gasteiger partial charge on any atom is -0.327 e. The number of para-hydroxylation sites is 8. The zero-order chi connectivity index (χ0) is 35.6. The predicted octanol–water partition coefficient (Wildman–Crippen LogP) is 6.71. The summed E-state index contributed by atoms with van der Waals surface area (Å²) in [6.45, 7) is 17.2. The van der Waals surface area contributed by atoms with E-state index in [0.29, 0.717) is 0 Å². The number of rotatable bonds is 15. The highest BCUT2D eigenvalue weighted by molar-refractivity contribution is 5.77. The van der Waals surface area contributed by atoms with Gasteiger partial charge >= 0.3 is 0 Å². The third-order valence-electron chi connectivity index (χ3n) is 10.5. The molecule has 0 unspecified atom stereocenters.